The molecule has 0 bridgehead atoms. The molecule has 1 aliphatic heterocycles. The van der Waals surface area contributed by atoms with Crippen molar-refractivity contribution in [1.29, 1.82) is 0 Å². The zero-order chi connectivity index (χ0) is 18.5. The van der Waals surface area contributed by atoms with Gasteiger partial charge in [-0.2, -0.15) is 0 Å². The largest absolute Gasteiger partial charge is 0.357 e. The molecule has 0 amide bonds. The Hall–Kier alpha value is -2.56. The maximum Gasteiger partial charge on any atom is 0.194 e. The maximum absolute atomic E-state index is 4.97. The average molecular weight is 364 g/mol. The fourth-order valence-corrected chi connectivity index (χ4v) is 3.88. The van der Waals surface area contributed by atoms with E-state index in [1.54, 1.807) is 0 Å². The van der Waals surface area contributed by atoms with Crippen molar-refractivity contribution in [1.82, 2.24) is 15.2 Å². The Morgan fingerprint density at radius 2 is 1.85 bits per heavy atom. The van der Waals surface area contributed by atoms with Gasteiger partial charge in [0.1, 0.15) is 5.82 Å². The number of aromatic nitrogens is 1. The van der Waals surface area contributed by atoms with Crippen LogP contribution in [0.1, 0.15) is 24.8 Å². The molecule has 2 atom stereocenters. The summed E-state index contributed by atoms with van der Waals surface area (Å²) in [6.07, 6.45) is 3.13. The van der Waals surface area contributed by atoms with E-state index in [1.807, 2.05) is 12.3 Å². The van der Waals surface area contributed by atoms with E-state index in [2.05, 4.69) is 69.5 Å². The van der Waals surface area contributed by atoms with Gasteiger partial charge in [0.25, 0.3) is 0 Å². The summed E-state index contributed by atoms with van der Waals surface area (Å²) in [7, 11) is 0. The lowest BCUT2D eigenvalue weighted by Crippen LogP contribution is -2.52. The van der Waals surface area contributed by atoms with E-state index in [1.165, 1.54) is 12.0 Å². The summed E-state index contributed by atoms with van der Waals surface area (Å²) >= 11 is 0. The molecular weight excluding hydrogens is 334 g/mol. The highest BCUT2D eigenvalue weighted by Crippen LogP contribution is 2.47. The van der Waals surface area contributed by atoms with E-state index >= 15 is 0 Å². The Kier molecular flexibility index (Phi) is 5.56. The molecule has 1 aromatic heterocycles. The number of piperazine rings is 1. The summed E-state index contributed by atoms with van der Waals surface area (Å²) in [6, 6.07) is 17.0. The molecule has 2 fully saturated rings. The van der Waals surface area contributed by atoms with Crippen LogP contribution in [0.4, 0.5) is 5.82 Å². The number of guanidine groups is 1. The van der Waals surface area contributed by atoms with E-state index in [4.69, 9.17) is 4.99 Å². The molecule has 27 heavy (non-hydrogen) atoms. The van der Waals surface area contributed by atoms with Gasteiger partial charge in [-0.15, -0.1) is 0 Å². The van der Waals surface area contributed by atoms with Gasteiger partial charge < -0.3 is 15.1 Å². The maximum atomic E-state index is 4.97. The second-order valence-corrected chi connectivity index (χ2v) is 7.37. The molecule has 0 spiro atoms. The number of rotatable bonds is 5. The summed E-state index contributed by atoms with van der Waals surface area (Å²) in [5, 5.41) is 3.49. The summed E-state index contributed by atoms with van der Waals surface area (Å²) < 4.78 is 0. The highest BCUT2D eigenvalue weighted by molar-refractivity contribution is 5.80. The molecule has 2 aliphatic rings. The van der Waals surface area contributed by atoms with Crippen molar-refractivity contribution < 1.29 is 0 Å². The van der Waals surface area contributed by atoms with Gasteiger partial charge in [0.2, 0.25) is 0 Å². The summed E-state index contributed by atoms with van der Waals surface area (Å²) in [5.74, 6) is 3.52. The van der Waals surface area contributed by atoms with E-state index in [0.717, 1.165) is 51.0 Å². The molecule has 1 saturated heterocycles. The minimum Gasteiger partial charge on any atom is -0.357 e. The van der Waals surface area contributed by atoms with Crippen LogP contribution in [-0.4, -0.2) is 55.1 Å². The molecule has 5 heteroatoms. The van der Waals surface area contributed by atoms with Crippen LogP contribution in [0.5, 0.6) is 0 Å². The van der Waals surface area contributed by atoms with Gasteiger partial charge in [-0.1, -0.05) is 36.4 Å². The van der Waals surface area contributed by atoms with Crippen LogP contribution >= 0.6 is 0 Å². The first-order chi connectivity index (χ1) is 13.3. The van der Waals surface area contributed by atoms with E-state index in [-0.39, 0.29) is 0 Å². The normalized spacial score (nSPS) is 22.6. The van der Waals surface area contributed by atoms with E-state index in [9.17, 15) is 0 Å². The summed E-state index contributed by atoms with van der Waals surface area (Å²) in [5.41, 5.74) is 1.46. The van der Waals surface area contributed by atoms with Gasteiger partial charge in [0, 0.05) is 45.5 Å². The standard InChI is InChI=1S/C22H29N5/c1-2-23-22(25-17-19-16-20(19)18-8-4-3-5-9-18)27-14-12-26(13-15-27)21-10-6-7-11-24-21/h3-11,19-20H,2,12-17H2,1H3,(H,23,25). The Labute approximate surface area is 162 Å². The number of nitrogens with one attached hydrogen (secondary N) is 1. The lowest BCUT2D eigenvalue weighted by atomic mass is 10.1. The minimum absolute atomic E-state index is 0.691. The molecule has 1 N–H and O–H groups in total. The molecule has 0 radical (unpaired) electrons. The molecule has 2 unspecified atom stereocenters. The number of hydrogen-bond donors (Lipinski definition) is 1. The number of aliphatic imine (C=N–C) groups is 1. The Morgan fingerprint density at radius 1 is 1.07 bits per heavy atom. The molecule has 2 aromatic rings. The van der Waals surface area contributed by atoms with Crippen molar-refractivity contribution in [3.8, 4) is 0 Å². The fraction of sp³-hybridized carbons (Fsp3) is 0.455. The van der Waals surface area contributed by atoms with Gasteiger partial charge in [-0.25, -0.2) is 4.98 Å². The average Bonchev–Trinajstić information content (AvgIpc) is 3.52. The topological polar surface area (TPSA) is 43.8 Å². The molecule has 4 rings (SSSR count). The molecule has 1 saturated carbocycles. The Bertz CT molecular complexity index is 738. The number of pyridine rings is 1. The fourth-order valence-electron chi connectivity index (χ4n) is 3.88. The third-order valence-corrected chi connectivity index (χ3v) is 5.51. The quantitative estimate of drug-likeness (QED) is 0.655. The first-order valence-electron chi connectivity index (χ1n) is 10.1. The minimum atomic E-state index is 0.691. The number of nitrogens with zero attached hydrogens (tertiary/aromatic N) is 4. The van der Waals surface area contributed by atoms with Crippen LogP contribution in [0.2, 0.25) is 0 Å². The molecular formula is C22H29N5. The van der Waals surface area contributed by atoms with Gasteiger partial charge in [0.05, 0.1) is 0 Å². The predicted octanol–water partition coefficient (Wildman–Crippen LogP) is 2.97. The van der Waals surface area contributed by atoms with Crippen molar-refractivity contribution >= 4 is 11.8 Å². The van der Waals surface area contributed by atoms with Gasteiger partial charge in [0.15, 0.2) is 5.96 Å². The molecule has 2 heterocycles. The summed E-state index contributed by atoms with van der Waals surface area (Å²) in [4.78, 5) is 14.2. The number of anilines is 1. The highest BCUT2D eigenvalue weighted by atomic mass is 15.4. The molecule has 1 aromatic carbocycles. The summed E-state index contributed by atoms with van der Waals surface area (Å²) in [6.45, 7) is 7.90. The first kappa shape index (κ1) is 17.8. The number of benzene rings is 1. The SMILES string of the molecule is CCNC(=NCC1CC1c1ccccc1)N1CCN(c2ccccn2)CC1. The smallest absolute Gasteiger partial charge is 0.194 e. The Morgan fingerprint density at radius 3 is 2.56 bits per heavy atom. The van der Waals surface area contributed by atoms with Gasteiger partial charge >= 0.3 is 0 Å². The molecule has 1 aliphatic carbocycles. The zero-order valence-corrected chi connectivity index (χ0v) is 16.1. The third-order valence-electron chi connectivity index (χ3n) is 5.51. The van der Waals surface area contributed by atoms with Crippen LogP contribution in [-0.2, 0) is 0 Å². The van der Waals surface area contributed by atoms with Crippen molar-refractivity contribution in [3.63, 3.8) is 0 Å². The predicted molar refractivity (Wildman–Crippen MR) is 111 cm³/mol. The monoisotopic (exact) mass is 363 g/mol. The lowest BCUT2D eigenvalue weighted by molar-refractivity contribution is 0.371. The van der Waals surface area contributed by atoms with Crippen LogP contribution in [0.3, 0.4) is 0 Å². The van der Waals surface area contributed by atoms with Crippen LogP contribution in [0.15, 0.2) is 59.7 Å². The molecule has 5 nitrogen and oxygen atoms in total. The van der Waals surface area contributed by atoms with Crippen molar-refractivity contribution in [2.24, 2.45) is 10.9 Å². The van der Waals surface area contributed by atoms with Crippen molar-refractivity contribution in [3.05, 3.63) is 60.3 Å². The van der Waals surface area contributed by atoms with E-state index < -0.39 is 0 Å². The zero-order valence-electron chi connectivity index (χ0n) is 16.1. The number of hydrogen-bond acceptors (Lipinski definition) is 3. The van der Waals surface area contributed by atoms with Crippen LogP contribution < -0.4 is 10.2 Å². The second kappa shape index (κ2) is 8.42. The van der Waals surface area contributed by atoms with Crippen molar-refractivity contribution in [2.75, 3.05) is 44.2 Å². The van der Waals surface area contributed by atoms with Crippen LogP contribution in [0.25, 0.3) is 0 Å². The second-order valence-electron chi connectivity index (χ2n) is 7.37. The van der Waals surface area contributed by atoms with Gasteiger partial charge in [-0.3, -0.25) is 4.99 Å². The highest BCUT2D eigenvalue weighted by Gasteiger charge is 2.38. The lowest BCUT2D eigenvalue weighted by Gasteiger charge is -2.37. The molecule has 142 valence electrons. The first-order valence-corrected chi connectivity index (χ1v) is 10.1. The Balaban J connectivity index is 1.32. The third kappa shape index (κ3) is 4.41. The van der Waals surface area contributed by atoms with Crippen LogP contribution in [0, 0.1) is 5.92 Å². The van der Waals surface area contributed by atoms with E-state index in [0.29, 0.717) is 11.8 Å². The van der Waals surface area contributed by atoms with Crippen molar-refractivity contribution in [2.45, 2.75) is 19.3 Å². The van der Waals surface area contributed by atoms with Gasteiger partial charge in [-0.05, 0) is 42.9 Å².